The fourth-order valence-corrected chi connectivity index (χ4v) is 2.07. The summed E-state index contributed by atoms with van der Waals surface area (Å²) in [5.41, 5.74) is 0.747. The summed E-state index contributed by atoms with van der Waals surface area (Å²) in [6.45, 7) is 1.11. The second-order valence-corrected chi connectivity index (χ2v) is 5.53. The fourth-order valence-electron chi connectivity index (χ4n) is 1.72. The molecule has 0 aliphatic rings. The Bertz CT molecular complexity index is 657. The minimum Gasteiger partial charge on any atom is -0.507 e. The van der Waals surface area contributed by atoms with Gasteiger partial charge in [-0.1, -0.05) is 15.9 Å². The lowest BCUT2D eigenvalue weighted by atomic mass is 10.1. The number of nitrogens with zero attached hydrogens (tertiary/aromatic N) is 1. The normalized spacial score (nSPS) is 11.3. The van der Waals surface area contributed by atoms with E-state index in [1.54, 1.807) is 18.2 Å². The van der Waals surface area contributed by atoms with Crippen LogP contribution in [0.2, 0.25) is 0 Å². The van der Waals surface area contributed by atoms with Crippen molar-refractivity contribution < 1.29 is 24.2 Å². The maximum absolute atomic E-state index is 12.0. The molecule has 1 rings (SSSR count). The molecule has 2 amide bonds. The molecule has 0 spiro atoms. The van der Waals surface area contributed by atoms with Gasteiger partial charge >= 0.3 is 5.97 Å². The van der Waals surface area contributed by atoms with Crippen molar-refractivity contribution in [2.75, 3.05) is 25.6 Å². The minimum atomic E-state index is -0.615. The maximum Gasteiger partial charge on any atom is 0.325 e. The molecule has 8 heteroatoms. The lowest BCUT2D eigenvalue weighted by Gasteiger charge is -2.17. The van der Waals surface area contributed by atoms with Crippen molar-refractivity contribution in [3.05, 3.63) is 33.8 Å². The van der Waals surface area contributed by atoms with Gasteiger partial charge in [-0.25, -0.2) is 0 Å². The zero-order valence-corrected chi connectivity index (χ0v) is 14.5. The van der Waals surface area contributed by atoms with Gasteiger partial charge in [0, 0.05) is 17.1 Å². The van der Waals surface area contributed by atoms with Gasteiger partial charge in [-0.15, -0.1) is 0 Å². The molecule has 0 atom stereocenters. The monoisotopic (exact) mass is 384 g/mol. The average Bonchev–Trinajstić information content (AvgIpc) is 2.56. The van der Waals surface area contributed by atoms with E-state index in [0.29, 0.717) is 22.1 Å². The van der Waals surface area contributed by atoms with Gasteiger partial charge in [-0.3, -0.25) is 14.4 Å². The molecule has 0 radical (unpaired) electrons. The van der Waals surface area contributed by atoms with Crippen LogP contribution in [-0.4, -0.2) is 44.1 Å². The number of amides is 2. The molecule has 0 aromatic heterocycles. The van der Waals surface area contributed by atoms with Gasteiger partial charge in [0.25, 0.3) is 5.91 Å². The van der Waals surface area contributed by atoms with Gasteiger partial charge in [-0.2, -0.15) is 0 Å². The molecule has 0 heterocycles. The molecule has 124 valence electrons. The van der Waals surface area contributed by atoms with E-state index in [2.05, 4.69) is 26.0 Å². The second kappa shape index (κ2) is 8.33. The van der Waals surface area contributed by atoms with Crippen molar-refractivity contribution in [1.29, 1.82) is 0 Å². The molecular weight excluding hydrogens is 368 g/mol. The summed E-state index contributed by atoms with van der Waals surface area (Å²) in [5, 5.41) is 12.7. The van der Waals surface area contributed by atoms with Gasteiger partial charge in [0.05, 0.1) is 18.4 Å². The lowest BCUT2D eigenvalue weighted by molar-refractivity contribution is -0.140. The third-order valence-electron chi connectivity index (χ3n) is 3.07. The Morgan fingerprint density at radius 2 is 2.09 bits per heavy atom. The Labute approximate surface area is 142 Å². The summed E-state index contributed by atoms with van der Waals surface area (Å²) in [5.74, 6) is -1.50. The van der Waals surface area contributed by atoms with Crippen LogP contribution in [0, 0.1) is 0 Å². The third-order valence-corrected chi connectivity index (χ3v) is 3.56. The number of rotatable bonds is 6. The fraction of sp³-hybridized carbons (Fsp3) is 0.267. The Kier molecular flexibility index (Phi) is 6.77. The smallest absolute Gasteiger partial charge is 0.325 e. The molecule has 0 saturated heterocycles. The van der Waals surface area contributed by atoms with E-state index in [9.17, 15) is 19.5 Å². The molecule has 0 aliphatic carbocycles. The molecule has 23 heavy (non-hydrogen) atoms. The van der Waals surface area contributed by atoms with Crippen molar-refractivity contribution in [3.63, 3.8) is 0 Å². The molecule has 2 N–H and O–H groups in total. The van der Waals surface area contributed by atoms with Crippen LogP contribution >= 0.6 is 15.9 Å². The predicted octanol–water partition coefficient (Wildman–Crippen LogP) is 1.62. The maximum atomic E-state index is 12.0. The number of methoxy groups -OCH3 is 1. The number of carbonyl (C=O) groups excluding carboxylic acids is 3. The highest BCUT2D eigenvalue weighted by Gasteiger charge is 2.17. The topological polar surface area (TPSA) is 95.9 Å². The van der Waals surface area contributed by atoms with Crippen molar-refractivity contribution >= 4 is 45.7 Å². The first-order valence-electron chi connectivity index (χ1n) is 6.54. The number of aliphatic hydroxyl groups is 1. The first kappa shape index (κ1) is 18.7. The van der Waals surface area contributed by atoms with Gasteiger partial charge in [0.2, 0.25) is 6.41 Å². The third kappa shape index (κ3) is 4.82. The number of esters is 1. The van der Waals surface area contributed by atoms with Crippen molar-refractivity contribution in [1.82, 2.24) is 5.32 Å². The summed E-state index contributed by atoms with van der Waals surface area (Å²) in [6, 6.07) is 4.89. The molecule has 0 fully saturated rings. The number of aliphatic hydroxyl groups excluding tert-OH is 1. The molecule has 1 aromatic rings. The number of anilines is 1. The number of hydrogen-bond donors (Lipinski definition) is 2. The largest absolute Gasteiger partial charge is 0.507 e. The molecule has 0 unspecified atom stereocenters. The van der Waals surface area contributed by atoms with E-state index < -0.39 is 11.9 Å². The van der Waals surface area contributed by atoms with Crippen LogP contribution in [0.4, 0.5) is 5.69 Å². The molecule has 7 nitrogen and oxygen atoms in total. The van der Waals surface area contributed by atoms with Gasteiger partial charge in [0.1, 0.15) is 12.3 Å². The van der Waals surface area contributed by atoms with Gasteiger partial charge in [0.15, 0.2) is 0 Å². The Balaban J connectivity index is 3.15. The zero-order chi connectivity index (χ0) is 17.6. The Hall–Kier alpha value is -2.35. The van der Waals surface area contributed by atoms with E-state index >= 15 is 0 Å². The van der Waals surface area contributed by atoms with Crippen molar-refractivity contribution in [2.45, 2.75) is 6.92 Å². The van der Waals surface area contributed by atoms with E-state index in [-0.39, 0.29) is 17.9 Å². The average molecular weight is 385 g/mol. The summed E-state index contributed by atoms with van der Waals surface area (Å²) >= 11 is 3.29. The number of carbonyl (C=O) groups is 3. The lowest BCUT2D eigenvalue weighted by Crippen LogP contribution is -2.31. The highest BCUT2D eigenvalue weighted by molar-refractivity contribution is 9.10. The second-order valence-electron chi connectivity index (χ2n) is 4.61. The Morgan fingerprint density at radius 3 is 2.65 bits per heavy atom. The highest BCUT2D eigenvalue weighted by atomic mass is 79.9. The van der Waals surface area contributed by atoms with Crippen LogP contribution in [0.15, 0.2) is 28.2 Å². The summed E-state index contributed by atoms with van der Waals surface area (Å²) in [7, 11) is 2.73. The number of ether oxygens (including phenoxy) is 1. The van der Waals surface area contributed by atoms with E-state index in [4.69, 9.17) is 0 Å². The highest BCUT2D eigenvalue weighted by Crippen LogP contribution is 2.29. The van der Waals surface area contributed by atoms with Crippen LogP contribution in [-0.2, 0) is 19.1 Å². The van der Waals surface area contributed by atoms with Crippen LogP contribution in [0.25, 0.3) is 5.76 Å². The number of benzene rings is 1. The van der Waals surface area contributed by atoms with E-state index in [1.807, 2.05) is 0 Å². The molecule has 1 aromatic carbocycles. The van der Waals surface area contributed by atoms with Crippen LogP contribution in [0.3, 0.4) is 0 Å². The van der Waals surface area contributed by atoms with Crippen LogP contribution in [0.1, 0.15) is 12.5 Å². The molecule has 0 aliphatic heterocycles. The zero-order valence-electron chi connectivity index (χ0n) is 12.9. The number of nitrogens with one attached hydrogen (secondary N) is 1. The number of hydrogen-bond acceptors (Lipinski definition) is 5. The first-order chi connectivity index (χ1) is 10.8. The van der Waals surface area contributed by atoms with Crippen LogP contribution in [0.5, 0.6) is 0 Å². The van der Waals surface area contributed by atoms with Crippen molar-refractivity contribution in [2.24, 2.45) is 0 Å². The van der Waals surface area contributed by atoms with E-state index in [0.717, 1.165) is 0 Å². The summed E-state index contributed by atoms with van der Waals surface area (Å²) < 4.78 is 5.13. The summed E-state index contributed by atoms with van der Waals surface area (Å²) in [4.78, 5) is 35.3. The Morgan fingerprint density at radius 1 is 1.43 bits per heavy atom. The molecule has 0 saturated carbocycles. The van der Waals surface area contributed by atoms with Crippen molar-refractivity contribution in [3.8, 4) is 0 Å². The molecule has 0 bridgehead atoms. The van der Waals surface area contributed by atoms with E-state index in [1.165, 1.54) is 26.0 Å². The predicted molar refractivity (Wildman–Crippen MR) is 88.9 cm³/mol. The first-order valence-corrected chi connectivity index (χ1v) is 7.34. The number of halogens is 1. The minimum absolute atomic E-state index is 0.0109. The SMILES string of the molecule is COC(=O)CNC(=O)/C(C)=C(\O)c1ccc(Br)cc1N(C)C=O. The van der Waals surface area contributed by atoms with Crippen LogP contribution < -0.4 is 10.2 Å². The summed E-state index contributed by atoms with van der Waals surface area (Å²) in [6.07, 6.45) is 0.589. The standard InChI is InChI=1S/C15H17BrN2O5/c1-9(15(22)17-7-13(20)23-3)14(21)11-5-4-10(16)6-12(11)18(2)8-19/h4-6,8,21H,7H2,1-3H3,(H,17,22)/b14-9-. The quantitative estimate of drug-likeness (QED) is 0.336. The van der Waals surface area contributed by atoms with Gasteiger partial charge in [-0.05, 0) is 25.1 Å². The molecular formula is C15H17BrN2O5. The van der Waals surface area contributed by atoms with Gasteiger partial charge < -0.3 is 20.1 Å².